The maximum Gasteiger partial charge on any atom is 0.311 e. The van der Waals surface area contributed by atoms with Gasteiger partial charge >= 0.3 is 5.97 Å². The van der Waals surface area contributed by atoms with Crippen LogP contribution in [0.25, 0.3) is 0 Å². The molecule has 1 N–H and O–H groups in total. The van der Waals surface area contributed by atoms with E-state index in [2.05, 4.69) is 19.2 Å². The van der Waals surface area contributed by atoms with E-state index in [9.17, 15) is 9.59 Å². The van der Waals surface area contributed by atoms with Crippen molar-refractivity contribution in [2.24, 2.45) is 0 Å². The first-order valence-electron chi connectivity index (χ1n) is 9.16. The second-order valence-electron chi connectivity index (χ2n) is 6.54. The summed E-state index contributed by atoms with van der Waals surface area (Å²) < 4.78 is 10.4. The molecule has 0 radical (unpaired) electrons. The molecule has 2 atom stereocenters. The Morgan fingerprint density at radius 3 is 2.33 bits per heavy atom. The normalized spacial score (nSPS) is 12.7. The van der Waals surface area contributed by atoms with E-state index in [1.165, 1.54) is 0 Å². The number of esters is 1. The van der Waals surface area contributed by atoms with Crippen molar-refractivity contribution < 1.29 is 19.1 Å². The molecule has 0 fully saturated rings. The number of ether oxygens (including phenoxy) is 2. The zero-order valence-electron chi connectivity index (χ0n) is 16.3. The van der Waals surface area contributed by atoms with Crippen LogP contribution >= 0.6 is 0 Å². The minimum Gasteiger partial charge on any atom is -0.497 e. The van der Waals surface area contributed by atoms with Gasteiger partial charge in [0.05, 0.1) is 13.5 Å². The largest absolute Gasteiger partial charge is 0.497 e. The molecular weight excluding hydrogens is 342 g/mol. The van der Waals surface area contributed by atoms with Gasteiger partial charge in [-0.25, -0.2) is 0 Å². The van der Waals surface area contributed by atoms with Gasteiger partial charge in [-0.3, -0.25) is 9.59 Å². The van der Waals surface area contributed by atoms with Crippen molar-refractivity contribution in [2.45, 2.75) is 45.6 Å². The Morgan fingerprint density at radius 1 is 1.04 bits per heavy atom. The smallest absolute Gasteiger partial charge is 0.311 e. The summed E-state index contributed by atoms with van der Waals surface area (Å²) in [6.07, 6.45) is 0.199. The summed E-state index contributed by atoms with van der Waals surface area (Å²) in [6, 6.07) is 14.9. The Labute approximate surface area is 160 Å². The lowest BCUT2D eigenvalue weighted by Gasteiger charge is -2.18. The van der Waals surface area contributed by atoms with Gasteiger partial charge in [0.15, 0.2) is 6.10 Å². The lowest BCUT2D eigenvalue weighted by Crippen LogP contribution is -2.30. The maximum absolute atomic E-state index is 12.4. The Bertz CT molecular complexity index is 770. The van der Waals surface area contributed by atoms with Crippen molar-refractivity contribution in [3.8, 4) is 5.75 Å². The molecule has 0 heterocycles. The Morgan fingerprint density at radius 2 is 1.70 bits per heavy atom. The first-order chi connectivity index (χ1) is 12.9. The fourth-order valence-electron chi connectivity index (χ4n) is 2.70. The van der Waals surface area contributed by atoms with Gasteiger partial charge in [0.1, 0.15) is 5.75 Å². The fraction of sp³-hybridized carbons (Fsp3) is 0.364. The van der Waals surface area contributed by atoms with Gasteiger partial charge in [-0.1, -0.05) is 44.2 Å². The summed E-state index contributed by atoms with van der Waals surface area (Å²) in [6.45, 7) is 5.79. The van der Waals surface area contributed by atoms with Crippen molar-refractivity contribution in [3.63, 3.8) is 0 Å². The number of hydrogen-bond donors (Lipinski definition) is 1. The molecule has 1 amide bonds. The fourth-order valence-corrected chi connectivity index (χ4v) is 2.70. The van der Waals surface area contributed by atoms with Crippen LogP contribution in [0.15, 0.2) is 48.5 Å². The lowest BCUT2D eigenvalue weighted by atomic mass is 9.97. The number of para-hydroxylation sites is 1. The molecule has 0 aliphatic carbocycles. The van der Waals surface area contributed by atoms with E-state index in [-0.39, 0.29) is 12.3 Å². The average molecular weight is 369 g/mol. The van der Waals surface area contributed by atoms with Crippen LogP contribution in [-0.2, 0) is 20.7 Å². The minimum absolute atomic E-state index is 0.102. The third-order valence-corrected chi connectivity index (χ3v) is 4.55. The molecule has 27 heavy (non-hydrogen) atoms. The zero-order chi connectivity index (χ0) is 19.8. The summed E-state index contributed by atoms with van der Waals surface area (Å²) in [5.41, 5.74) is 2.63. The molecule has 0 unspecified atom stereocenters. The van der Waals surface area contributed by atoms with Crippen molar-refractivity contribution >= 4 is 17.6 Å². The maximum atomic E-state index is 12.4. The third-order valence-electron chi connectivity index (χ3n) is 4.55. The Kier molecular flexibility index (Phi) is 7.41. The van der Waals surface area contributed by atoms with E-state index in [1.807, 2.05) is 24.3 Å². The van der Waals surface area contributed by atoms with Gasteiger partial charge in [0.25, 0.3) is 5.91 Å². The van der Waals surface area contributed by atoms with Gasteiger partial charge in [-0.05, 0) is 48.6 Å². The number of methoxy groups -OCH3 is 1. The van der Waals surface area contributed by atoms with E-state index in [4.69, 9.17) is 9.47 Å². The molecule has 5 nitrogen and oxygen atoms in total. The number of carbonyl (C=O) groups excluding carboxylic acids is 2. The molecule has 2 aromatic rings. The van der Waals surface area contributed by atoms with Gasteiger partial charge in [-0.15, -0.1) is 0 Å². The average Bonchev–Trinajstić information content (AvgIpc) is 2.68. The third kappa shape index (κ3) is 5.84. The molecule has 2 rings (SSSR count). The topological polar surface area (TPSA) is 64.6 Å². The first-order valence-corrected chi connectivity index (χ1v) is 9.16. The summed E-state index contributed by atoms with van der Waals surface area (Å²) in [5, 5.41) is 2.88. The van der Waals surface area contributed by atoms with E-state index in [0.717, 1.165) is 29.0 Å². The first kappa shape index (κ1) is 20.5. The van der Waals surface area contributed by atoms with E-state index in [1.54, 1.807) is 38.3 Å². The SMILES string of the molecule is CC[C@@H](C)c1ccccc1NC(=O)[C@@H](C)OC(=O)Cc1ccc(OC)cc1. The second kappa shape index (κ2) is 9.76. The molecule has 0 aliphatic heterocycles. The number of nitrogens with one attached hydrogen (secondary N) is 1. The monoisotopic (exact) mass is 369 g/mol. The van der Waals surface area contributed by atoms with Crippen molar-refractivity contribution in [2.75, 3.05) is 12.4 Å². The van der Waals surface area contributed by atoms with Crippen molar-refractivity contribution in [1.82, 2.24) is 0 Å². The van der Waals surface area contributed by atoms with E-state index < -0.39 is 12.1 Å². The van der Waals surface area contributed by atoms with Crippen LogP contribution in [-0.4, -0.2) is 25.1 Å². The summed E-state index contributed by atoms with van der Waals surface area (Å²) in [4.78, 5) is 24.6. The summed E-state index contributed by atoms with van der Waals surface area (Å²) in [7, 11) is 1.59. The van der Waals surface area contributed by atoms with Crippen LogP contribution in [0.1, 0.15) is 44.2 Å². The predicted octanol–water partition coefficient (Wildman–Crippen LogP) is 4.32. The molecule has 0 aliphatic rings. The standard InChI is InChI=1S/C22H27NO4/c1-5-15(2)19-8-6-7-9-20(19)23-22(25)16(3)27-21(24)14-17-10-12-18(26-4)13-11-17/h6-13,15-16H,5,14H2,1-4H3,(H,23,25)/t15-,16-/m1/s1. The van der Waals surface area contributed by atoms with Crippen molar-refractivity contribution in [3.05, 3.63) is 59.7 Å². The van der Waals surface area contributed by atoms with Gasteiger partial charge in [0, 0.05) is 5.69 Å². The minimum atomic E-state index is -0.874. The number of rotatable bonds is 8. The number of benzene rings is 2. The summed E-state index contributed by atoms with van der Waals surface area (Å²) in [5.74, 6) is 0.265. The molecule has 2 aromatic carbocycles. The van der Waals surface area contributed by atoms with Crippen LogP contribution in [0, 0.1) is 0 Å². The molecule has 5 heteroatoms. The van der Waals surface area contributed by atoms with Crippen molar-refractivity contribution in [1.29, 1.82) is 0 Å². The highest BCUT2D eigenvalue weighted by atomic mass is 16.5. The molecule has 0 aromatic heterocycles. The molecule has 144 valence electrons. The Balaban J connectivity index is 1.94. The van der Waals surface area contributed by atoms with Crippen LogP contribution in [0.4, 0.5) is 5.69 Å². The van der Waals surface area contributed by atoms with E-state index in [0.29, 0.717) is 5.92 Å². The highest BCUT2D eigenvalue weighted by molar-refractivity contribution is 5.95. The van der Waals surface area contributed by atoms with Gasteiger partial charge < -0.3 is 14.8 Å². The van der Waals surface area contributed by atoms with E-state index >= 15 is 0 Å². The highest BCUT2D eigenvalue weighted by Gasteiger charge is 2.20. The number of anilines is 1. The lowest BCUT2D eigenvalue weighted by molar-refractivity contribution is -0.152. The van der Waals surface area contributed by atoms with Crippen LogP contribution in [0.2, 0.25) is 0 Å². The van der Waals surface area contributed by atoms with Gasteiger partial charge in [-0.2, -0.15) is 0 Å². The zero-order valence-corrected chi connectivity index (χ0v) is 16.3. The molecule has 0 saturated carbocycles. The number of hydrogen-bond acceptors (Lipinski definition) is 4. The van der Waals surface area contributed by atoms with Crippen LogP contribution in [0.3, 0.4) is 0 Å². The number of amides is 1. The summed E-state index contributed by atoms with van der Waals surface area (Å²) >= 11 is 0. The van der Waals surface area contributed by atoms with Gasteiger partial charge in [0.2, 0.25) is 0 Å². The molecule has 0 spiro atoms. The second-order valence-corrected chi connectivity index (χ2v) is 6.54. The van der Waals surface area contributed by atoms with Crippen LogP contribution < -0.4 is 10.1 Å². The highest BCUT2D eigenvalue weighted by Crippen LogP contribution is 2.26. The van der Waals surface area contributed by atoms with Crippen LogP contribution in [0.5, 0.6) is 5.75 Å². The Hall–Kier alpha value is -2.82. The molecule has 0 bridgehead atoms. The quantitative estimate of drug-likeness (QED) is 0.704. The number of carbonyl (C=O) groups is 2. The predicted molar refractivity (Wildman–Crippen MR) is 106 cm³/mol. The molecule has 0 saturated heterocycles. The molecular formula is C22H27NO4.